The third-order valence-electron chi connectivity index (χ3n) is 3.09. The maximum Gasteiger partial charge on any atom is 0.341 e. The normalized spacial score (nSPS) is 10.2. The van der Waals surface area contributed by atoms with E-state index < -0.39 is 24.5 Å². The Morgan fingerprint density at radius 1 is 1.16 bits per heavy atom. The van der Waals surface area contributed by atoms with Gasteiger partial charge in [0.1, 0.15) is 10.6 Å². The van der Waals surface area contributed by atoms with Crippen molar-refractivity contribution in [1.82, 2.24) is 0 Å². The molecule has 0 atom stereocenters. The van der Waals surface area contributed by atoms with Gasteiger partial charge in [0.05, 0.1) is 6.61 Å². The van der Waals surface area contributed by atoms with E-state index in [1.807, 2.05) is 0 Å². The fraction of sp³-hybridized carbons (Fsp3) is 0.235. The molecule has 0 bridgehead atoms. The van der Waals surface area contributed by atoms with Gasteiger partial charge in [-0.1, -0.05) is 29.8 Å². The van der Waals surface area contributed by atoms with Crippen molar-refractivity contribution in [1.29, 1.82) is 0 Å². The van der Waals surface area contributed by atoms with Crippen molar-refractivity contribution >= 4 is 45.8 Å². The Morgan fingerprint density at radius 2 is 1.88 bits per heavy atom. The molecule has 2 rings (SSSR count). The third kappa shape index (κ3) is 4.80. The largest absolute Gasteiger partial charge is 0.462 e. The van der Waals surface area contributed by atoms with E-state index in [1.54, 1.807) is 36.6 Å². The highest BCUT2D eigenvalue weighted by Gasteiger charge is 2.24. The summed E-state index contributed by atoms with van der Waals surface area (Å²) in [6.07, 6.45) is 0. The van der Waals surface area contributed by atoms with Crippen LogP contribution in [0.2, 0.25) is 5.02 Å². The molecule has 0 radical (unpaired) electrons. The second kappa shape index (κ2) is 8.64. The predicted octanol–water partition coefficient (Wildman–Crippen LogP) is 3.75. The van der Waals surface area contributed by atoms with Crippen LogP contribution in [0.5, 0.6) is 0 Å². The molecular formula is C17H16ClNO5S. The van der Waals surface area contributed by atoms with Crippen molar-refractivity contribution < 1.29 is 23.9 Å². The van der Waals surface area contributed by atoms with Crippen LogP contribution in [0.3, 0.4) is 0 Å². The lowest BCUT2D eigenvalue weighted by atomic mass is 10.0. The van der Waals surface area contributed by atoms with Crippen LogP contribution in [0.1, 0.15) is 24.2 Å². The summed E-state index contributed by atoms with van der Waals surface area (Å²) in [5, 5.41) is 5.08. The van der Waals surface area contributed by atoms with Gasteiger partial charge in [-0.25, -0.2) is 4.79 Å². The number of carbonyl (C=O) groups is 3. The fourth-order valence-electron chi connectivity index (χ4n) is 2.06. The van der Waals surface area contributed by atoms with Crippen molar-refractivity contribution in [2.45, 2.75) is 13.8 Å². The molecule has 1 N–H and O–H groups in total. The number of benzene rings is 1. The second-order valence-corrected chi connectivity index (χ2v) is 6.17. The minimum Gasteiger partial charge on any atom is -0.462 e. The van der Waals surface area contributed by atoms with E-state index >= 15 is 0 Å². The first-order chi connectivity index (χ1) is 11.9. The van der Waals surface area contributed by atoms with Crippen LogP contribution in [0.4, 0.5) is 5.00 Å². The van der Waals surface area contributed by atoms with E-state index in [1.165, 1.54) is 6.92 Å². The molecule has 1 aromatic heterocycles. The molecule has 6 nitrogen and oxygen atoms in total. The van der Waals surface area contributed by atoms with Crippen molar-refractivity contribution in [2.24, 2.45) is 0 Å². The van der Waals surface area contributed by atoms with E-state index in [-0.39, 0.29) is 12.2 Å². The van der Waals surface area contributed by atoms with Crippen LogP contribution in [0.25, 0.3) is 11.1 Å². The summed E-state index contributed by atoms with van der Waals surface area (Å²) in [5.41, 5.74) is 1.44. The maximum absolute atomic E-state index is 12.4. The van der Waals surface area contributed by atoms with Crippen molar-refractivity contribution in [2.75, 3.05) is 18.5 Å². The smallest absolute Gasteiger partial charge is 0.341 e. The Balaban J connectivity index is 2.37. The molecule has 0 fully saturated rings. The fourth-order valence-corrected chi connectivity index (χ4v) is 3.27. The number of hydrogen-bond donors (Lipinski definition) is 1. The number of hydrogen-bond acceptors (Lipinski definition) is 6. The lowest BCUT2D eigenvalue weighted by Gasteiger charge is -2.09. The van der Waals surface area contributed by atoms with Gasteiger partial charge in [-0.2, -0.15) is 0 Å². The van der Waals surface area contributed by atoms with Crippen LogP contribution in [0.15, 0.2) is 29.6 Å². The number of esters is 2. The highest BCUT2D eigenvalue weighted by molar-refractivity contribution is 7.15. The van der Waals surface area contributed by atoms with Gasteiger partial charge in [-0.3, -0.25) is 9.59 Å². The van der Waals surface area contributed by atoms with Crippen LogP contribution in [0, 0.1) is 0 Å². The third-order valence-corrected chi connectivity index (χ3v) is 4.32. The van der Waals surface area contributed by atoms with Gasteiger partial charge < -0.3 is 14.8 Å². The molecule has 1 aromatic carbocycles. The van der Waals surface area contributed by atoms with Gasteiger partial charge in [0.15, 0.2) is 6.61 Å². The number of anilines is 1. The van der Waals surface area contributed by atoms with Crippen molar-refractivity contribution in [3.63, 3.8) is 0 Å². The number of nitrogens with one attached hydrogen (secondary N) is 1. The van der Waals surface area contributed by atoms with Crippen LogP contribution < -0.4 is 5.32 Å². The highest BCUT2D eigenvalue weighted by Crippen LogP contribution is 2.39. The summed E-state index contributed by atoms with van der Waals surface area (Å²) in [5.74, 6) is -1.68. The first kappa shape index (κ1) is 19.0. The van der Waals surface area contributed by atoms with Gasteiger partial charge in [-0.05, 0) is 13.0 Å². The summed E-state index contributed by atoms with van der Waals surface area (Å²) in [6, 6.07) is 7.07. The molecule has 0 aliphatic heterocycles. The number of rotatable bonds is 6. The molecule has 0 spiro atoms. The minimum atomic E-state index is -0.568. The van der Waals surface area contributed by atoms with Crippen LogP contribution in [-0.2, 0) is 19.1 Å². The average Bonchev–Trinajstić information content (AvgIpc) is 2.97. The van der Waals surface area contributed by atoms with Gasteiger partial charge in [0.2, 0.25) is 0 Å². The Hall–Kier alpha value is -2.38. The Morgan fingerprint density at radius 3 is 2.52 bits per heavy atom. The molecule has 8 heteroatoms. The number of halogens is 1. The lowest BCUT2D eigenvalue weighted by Crippen LogP contribution is -2.20. The van der Waals surface area contributed by atoms with Crippen LogP contribution in [-0.4, -0.2) is 31.1 Å². The Labute approximate surface area is 153 Å². The average molecular weight is 382 g/mol. The van der Waals surface area contributed by atoms with E-state index in [9.17, 15) is 14.4 Å². The first-order valence-corrected chi connectivity index (χ1v) is 8.66. The Kier molecular flexibility index (Phi) is 6.55. The summed E-state index contributed by atoms with van der Waals surface area (Å²) >= 11 is 7.38. The molecule has 0 saturated carbocycles. The molecule has 2 aromatic rings. The second-order valence-electron chi connectivity index (χ2n) is 4.88. The van der Waals surface area contributed by atoms with E-state index in [0.717, 1.165) is 11.3 Å². The molecule has 0 saturated heterocycles. The van der Waals surface area contributed by atoms with Gasteiger partial charge >= 0.3 is 11.9 Å². The topological polar surface area (TPSA) is 81.7 Å². The van der Waals surface area contributed by atoms with Gasteiger partial charge in [-0.15, -0.1) is 11.3 Å². The van der Waals surface area contributed by atoms with Crippen molar-refractivity contribution in [3.05, 3.63) is 40.2 Å². The lowest BCUT2D eigenvalue weighted by molar-refractivity contribution is -0.144. The molecule has 0 unspecified atom stereocenters. The monoisotopic (exact) mass is 381 g/mol. The van der Waals surface area contributed by atoms with Gasteiger partial charge in [0, 0.05) is 28.5 Å². The molecule has 0 aliphatic carbocycles. The number of amides is 1. The first-order valence-electron chi connectivity index (χ1n) is 7.40. The summed E-state index contributed by atoms with van der Waals surface area (Å²) in [4.78, 5) is 35.1. The maximum atomic E-state index is 12.4. The van der Waals surface area contributed by atoms with Crippen LogP contribution >= 0.6 is 22.9 Å². The van der Waals surface area contributed by atoms with E-state index in [0.29, 0.717) is 21.2 Å². The van der Waals surface area contributed by atoms with E-state index in [2.05, 4.69) is 10.1 Å². The molecule has 0 aliphatic rings. The Bertz CT molecular complexity index is 802. The quantitative estimate of drug-likeness (QED) is 0.770. The standard InChI is InChI=1S/C17H16ClNO5S/c1-3-23-17(22)15-12(11-6-4-5-7-13(11)18)9-25-16(15)19-14(21)8-24-10(2)20/h4-7,9H,3,8H2,1-2H3,(H,19,21). The van der Waals surface area contributed by atoms with E-state index in [4.69, 9.17) is 16.3 Å². The molecular weight excluding hydrogens is 366 g/mol. The SMILES string of the molecule is CCOC(=O)c1c(-c2ccccc2Cl)csc1NC(=O)COC(C)=O. The number of thiophene rings is 1. The highest BCUT2D eigenvalue weighted by atomic mass is 35.5. The number of ether oxygens (including phenoxy) is 2. The summed E-state index contributed by atoms with van der Waals surface area (Å²) in [7, 11) is 0. The summed E-state index contributed by atoms with van der Waals surface area (Å²) < 4.78 is 9.75. The minimum absolute atomic E-state index is 0.192. The summed E-state index contributed by atoms with van der Waals surface area (Å²) in [6.45, 7) is 2.66. The molecule has 1 amide bonds. The zero-order valence-corrected chi connectivity index (χ0v) is 15.2. The van der Waals surface area contributed by atoms with Gasteiger partial charge in [0.25, 0.3) is 5.91 Å². The number of carbonyl (C=O) groups excluding carboxylic acids is 3. The zero-order valence-electron chi connectivity index (χ0n) is 13.6. The van der Waals surface area contributed by atoms with Crippen molar-refractivity contribution in [3.8, 4) is 11.1 Å². The predicted molar refractivity (Wildman–Crippen MR) is 96.0 cm³/mol. The molecule has 132 valence electrons. The zero-order chi connectivity index (χ0) is 18.4. The molecule has 1 heterocycles. The molecule has 25 heavy (non-hydrogen) atoms.